The number of benzene rings is 2. The molecule has 1 fully saturated rings. The molecule has 1 aliphatic heterocycles. The molecular weight excluding hydrogens is 508 g/mol. The molecular formula is C32H42N2O6. The standard InChI is InChI=1S/C32H42N2O6/c1-19(2)26(33-5)30(37)40-24-15-17-31(4,18-20(24)3)16-14-21-12-13-23-25(27(21)35)32(38,22-10-8-7-9-11-22)28(39-6)29(36)34-23/h7-14,16,19-20,24,26,28,33,35,38H,15,17-18H2,1-6H3,(H,34,36)/b16-14+/t20-,24-,26?,28+,31?,32?/m0/s1. The molecule has 0 radical (unpaired) electrons. The third-order valence-electron chi connectivity index (χ3n) is 8.50. The van der Waals surface area contributed by atoms with Gasteiger partial charge in [0.2, 0.25) is 0 Å². The Kier molecular flexibility index (Phi) is 8.73. The lowest BCUT2D eigenvalue weighted by Crippen LogP contribution is -2.52. The van der Waals surface area contributed by atoms with E-state index < -0.39 is 17.6 Å². The lowest BCUT2D eigenvalue weighted by molar-refractivity contribution is -0.158. The summed E-state index contributed by atoms with van der Waals surface area (Å²) in [6.07, 6.45) is 4.94. The van der Waals surface area contributed by atoms with E-state index in [0.29, 0.717) is 16.8 Å². The number of hydrogen-bond acceptors (Lipinski definition) is 7. The molecule has 4 N–H and O–H groups in total. The predicted molar refractivity (Wildman–Crippen MR) is 155 cm³/mol. The Morgan fingerprint density at radius 1 is 1.20 bits per heavy atom. The lowest BCUT2D eigenvalue weighted by Gasteiger charge is -2.41. The molecule has 1 amide bonds. The smallest absolute Gasteiger partial charge is 0.323 e. The molecule has 8 nitrogen and oxygen atoms in total. The van der Waals surface area contributed by atoms with Crippen molar-refractivity contribution in [2.24, 2.45) is 17.3 Å². The normalized spacial score (nSPS) is 29.2. The number of anilines is 1. The summed E-state index contributed by atoms with van der Waals surface area (Å²) >= 11 is 0. The Balaban J connectivity index is 1.59. The number of phenols is 1. The van der Waals surface area contributed by atoms with Crippen LogP contribution in [0.4, 0.5) is 5.69 Å². The summed E-state index contributed by atoms with van der Waals surface area (Å²) in [6, 6.07) is 11.9. The molecule has 8 heteroatoms. The van der Waals surface area contributed by atoms with Gasteiger partial charge in [0, 0.05) is 12.7 Å². The number of aliphatic hydroxyl groups is 1. The van der Waals surface area contributed by atoms with Gasteiger partial charge >= 0.3 is 5.97 Å². The van der Waals surface area contributed by atoms with Gasteiger partial charge in [-0.25, -0.2) is 0 Å². The van der Waals surface area contributed by atoms with Gasteiger partial charge < -0.3 is 30.3 Å². The first-order valence-corrected chi connectivity index (χ1v) is 14.0. The average Bonchev–Trinajstić information content (AvgIpc) is 2.90. The van der Waals surface area contributed by atoms with Gasteiger partial charge in [0.05, 0.1) is 11.3 Å². The van der Waals surface area contributed by atoms with Crippen molar-refractivity contribution in [1.29, 1.82) is 0 Å². The lowest BCUT2D eigenvalue weighted by atomic mass is 9.69. The second-order valence-electron chi connectivity index (χ2n) is 11.9. The molecule has 1 heterocycles. The van der Waals surface area contributed by atoms with Crippen molar-refractivity contribution in [1.82, 2.24) is 5.32 Å². The third-order valence-corrected chi connectivity index (χ3v) is 8.50. The minimum Gasteiger partial charge on any atom is -0.507 e. The van der Waals surface area contributed by atoms with E-state index >= 15 is 0 Å². The number of carbonyl (C=O) groups excluding carboxylic acids is 2. The van der Waals surface area contributed by atoms with E-state index in [1.807, 2.05) is 26.0 Å². The zero-order valence-corrected chi connectivity index (χ0v) is 24.2. The summed E-state index contributed by atoms with van der Waals surface area (Å²) in [5.41, 5.74) is -0.558. The fourth-order valence-corrected chi connectivity index (χ4v) is 6.31. The van der Waals surface area contributed by atoms with Gasteiger partial charge in [-0.2, -0.15) is 0 Å². The summed E-state index contributed by atoms with van der Waals surface area (Å²) in [4.78, 5) is 25.5. The molecule has 4 rings (SSSR count). The van der Waals surface area contributed by atoms with Crippen LogP contribution in [0, 0.1) is 17.3 Å². The minimum absolute atomic E-state index is 0.117. The number of fused-ring (bicyclic) bond motifs is 1. The first-order chi connectivity index (χ1) is 18.9. The molecule has 6 atom stereocenters. The SMILES string of the molecule is CNC(C(=O)O[C@H]1CCC(C)(/C=C/c2ccc3c(c2O)C(O)(c2ccccc2)[C@H](OC)C(=O)N3)C[C@@H]1C)C(C)C. The molecule has 40 heavy (non-hydrogen) atoms. The van der Waals surface area contributed by atoms with Crippen LogP contribution in [0.3, 0.4) is 0 Å². The van der Waals surface area contributed by atoms with Crippen molar-refractivity contribution >= 4 is 23.6 Å². The maximum absolute atomic E-state index is 12.8. The molecule has 1 aliphatic carbocycles. The number of nitrogens with one attached hydrogen (secondary N) is 2. The summed E-state index contributed by atoms with van der Waals surface area (Å²) in [7, 11) is 3.14. The third kappa shape index (κ3) is 5.53. The molecule has 0 aromatic heterocycles. The highest BCUT2D eigenvalue weighted by molar-refractivity contribution is 6.00. The van der Waals surface area contributed by atoms with Crippen molar-refractivity contribution in [3.63, 3.8) is 0 Å². The summed E-state index contributed by atoms with van der Waals surface area (Å²) in [5, 5.41) is 29.3. The molecule has 1 saturated carbocycles. The average molecular weight is 551 g/mol. The number of carbonyl (C=O) groups is 2. The number of rotatable bonds is 8. The maximum atomic E-state index is 12.8. The van der Waals surface area contributed by atoms with Gasteiger partial charge in [-0.15, -0.1) is 0 Å². The highest BCUT2D eigenvalue weighted by atomic mass is 16.5. The fraction of sp³-hybridized carbons (Fsp3) is 0.500. The van der Waals surface area contributed by atoms with Crippen LogP contribution in [0.2, 0.25) is 0 Å². The second-order valence-corrected chi connectivity index (χ2v) is 11.9. The highest BCUT2D eigenvalue weighted by Crippen LogP contribution is 2.48. The van der Waals surface area contributed by atoms with E-state index in [9.17, 15) is 19.8 Å². The number of methoxy groups -OCH3 is 1. The number of esters is 1. The molecule has 0 bridgehead atoms. The van der Waals surface area contributed by atoms with E-state index in [4.69, 9.17) is 9.47 Å². The van der Waals surface area contributed by atoms with Gasteiger partial charge in [0.15, 0.2) is 11.7 Å². The van der Waals surface area contributed by atoms with Crippen LogP contribution in [0.5, 0.6) is 5.75 Å². The first kappa shape index (κ1) is 29.8. The monoisotopic (exact) mass is 550 g/mol. The highest BCUT2D eigenvalue weighted by Gasteiger charge is 2.51. The number of amides is 1. The van der Waals surface area contributed by atoms with Crippen molar-refractivity contribution in [3.8, 4) is 5.75 Å². The van der Waals surface area contributed by atoms with E-state index in [1.54, 1.807) is 43.4 Å². The topological polar surface area (TPSA) is 117 Å². The number of likely N-dealkylation sites (N-methyl/N-ethyl adjacent to an activating group) is 1. The van der Waals surface area contributed by atoms with Crippen molar-refractivity contribution in [3.05, 3.63) is 65.2 Å². The van der Waals surface area contributed by atoms with Gasteiger partial charge in [-0.05, 0) is 61.3 Å². The van der Waals surface area contributed by atoms with E-state index in [-0.39, 0.29) is 46.7 Å². The van der Waals surface area contributed by atoms with Crippen molar-refractivity contribution in [2.45, 2.75) is 70.8 Å². The molecule has 0 spiro atoms. The van der Waals surface area contributed by atoms with E-state index in [0.717, 1.165) is 19.3 Å². The van der Waals surface area contributed by atoms with Gasteiger partial charge in [-0.1, -0.05) is 70.2 Å². The van der Waals surface area contributed by atoms with Crippen LogP contribution >= 0.6 is 0 Å². The largest absolute Gasteiger partial charge is 0.507 e. The second kappa shape index (κ2) is 11.7. The fourth-order valence-electron chi connectivity index (χ4n) is 6.31. The van der Waals surface area contributed by atoms with Crippen LogP contribution < -0.4 is 10.6 Å². The van der Waals surface area contributed by atoms with Crippen LogP contribution in [-0.4, -0.2) is 54.5 Å². The Morgan fingerprint density at radius 3 is 2.50 bits per heavy atom. The zero-order valence-electron chi connectivity index (χ0n) is 24.2. The molecule has 216 valence electrons. The summed E-state index contributed by atoms with van der Waals surface area (Å²) < 4.78 is 11.4. The summed E-state index contributed by atoms with van der Waals surface area (Å²) in [5.74, 6) is -0.513. The predicted octanol–water partition coefficient (Wildman–Crippen LogP) is 4.59. The van der Waals surface area contributed by atoms with Crippen molar-refractivity contribution < 1.29 is 29.3 Å². The minimum atomic E-state index is -1.89. The molecule has 2 aromatic carbocycles. The Labute approximate surface area is 236 Å². The van der Waals surface area contributed by atoms with Crippen LogP contribution in [0.15, 0.2) is 48.5 Å². The Hall–Kier alpha value is -3.20. The van der Waals surface area contributed by atoms with Crippen molar-refractivity contribution in [2.75, 3.05) is 19.5 Å². The number of allylic oxidation sites excluding steroid dienone is 1. The summed E-state index contributed by atoms with van der Waals surface area (Å²) in [6.45, 7) is 8.26. The van der Waals surface area contributed by atoms with E-state index in [1.165, 1.54) is 7.11 Å². The maximum Gasteiger partial charge on any atom is 0.323 e. The number of hydrogen-bond donors (Lipinski definition) is 4. The first-order valence-electron chi connectivity index (χ1n) is 14.0. The number of ether oxygens (including phenoxy) is 2. The van der Waals surface area contributed by atoms with Gasteiger partial charge in [-0.3, -0.25) is 9.59 Å². The van der Waals surface area contributed by atoms with Crippen LogP contribution in [0.25, 0.3) is 6.08 Å². The van der Waals surface area contributed by atoms with Gasteiger partial charge in [0.1, 0.15) is 17.9 Å². The number of phenolic OH excluding ortho intramolecular Hbond substituents is 1. The van der Waals surface area contributed by atoms with Crippen LogP contribution in [-0.2, 0) is 24.7 Å². The Bertz CT molecular complexity index is 1260. The zero-order chi connectivity index (χ0) is 29.2. The quantitative estimate of drug-likeness (QED) is 0.355. The Morgan fingerprint density at radius 2 is 1.90 bits per heavy atom. The van der Waals surface area contributed by atoms with Crippen LogP contribution in [0.1, 0.15) is 63.6 Å². The van der Waals surface area contributed by atoms with E-state index in [2.05, 4.69) is 30.6 Å². The molecule has 2 aromatic rings. The molecule has 2 aliphatic rings. The molecule has 0 saturated heterocycles. The number of aromatic hydroxyl groups is 1. The van der Waals surface area contributed by atoms with Gasteiger partial charge in [0.25, 0.3) is 5.91 Å². The molecule has 3 unspecified atom stereocenters.